The van der Waals surface area contributed by atoms with Gasteiger partial charge in [0.25, 0.3) is 0 Å². The van der Waals surface area contributed by atoms with Gasteiger partial charge in [-0.05, 0) is 19.8 Å². The zero-order valence-corrected chi connectivity index (χ0v) is 6.02. The quantitative estimate of drug-likeness (QED) is 0.581. The molecule has 0 amide bonds. The van der Waals surface area contributed by atoms with Crippen molar-refractivity contribution in [2.45, 2.75) is 25.3 Å². The second kappa shape index (κ2) is 2.22. The lowest BCUT2D eigenvalue weighted by Crippen LogP contribution is -2.24. The third kappa shape index (κ3) is 1.41. The number of nitrogens with zero attached hydrogens (tertiary/aromatic N) is 1. The van der Waals surface area contributed by atoms with Gasteiger partial charge in [0, 0.05) is 11.9 Å². The molecule has 0 aromatic rings. The van der Waals surface area contributed by atoms with E-state index in [9.17, 15) is 0 Å². The lowest BCUT2D eigenvalue weighted by Gasteiger charge is -2.04. The Labute approximate surface area is 60.5 Å². The Morgan fingerprint density at radius 2 is 2.40 bits per heavy atom. The van der Waals surface area contributed by atoms with Crippen molar-refractivity contribution in [3.63, 3.8) is 0 Å². The Kier molecular flexibility index (Phi) is 1.54. The summed E-state index contributed by atoms with van der Waals surface area (Å²) in [7, 11) is 0. The van der Waals surface area contributed by atoms with Crippen molar-refractivity contribution in [1.82, 2.24) is 5.32 Å². The predicted molar refractivity (Wildman–Crippen MR) is 38.7 cm³/mol. The molecule has 1 saturated carbocycles. The topological polar surface area (TPSA) is 61.8 Å². The van der Waals surface area contributed by atoms with E-state index >= 15 is 0 Å². The SMILES string of the molecule is C/C(N)=C/NC1(C#N)CC1. The predicted octanol–water partition coefficient (Wildman–Crippen LogP) is 0.452. The van der Waals surface area contributed by atoms with Crippen LogP contribution in [0, 0.1) is 11.3 Å². The fourth-order valence-electron chi connectivity index (χ4n) is 0.665. The first-order chi connectivity index (χ1) is 4.68. The van der Waals surface area contributed by atoms with Gasteiger partial charge in [0.15, 0.2) is 0 Å². The fraction of sp³-hybridized carbons (Fsp3) is 0.571. The molecule has 3 N–H and O–H groups in total. The molecule has 3 nitrogen and oxygen atoms in total. The molecule has 1 rings (SSSR count). The molecule has 0 bridgehead atoms. The number of nitrogens with one attached hydrogen (secondary N) is 1. The van der Waals surface area contributed by atoms with Crippen molar-refractivity contribution < 1.29 is 0 Å². The highest BCUT2D eigenvalue weighted by molar-refractivity contribution is 5.20. The molecule has 1 aliphatic rings. The molecule has 0 aromatic carbocycles. The maximum absolute atomic E-state index is 8.59. The molecule has 10 heavy (non-hydrogen) atoms. The summed E-state index contributed by atoms with van der Waals surface area (Å²) < 4.78 is 0. The largest absolute Gasteiger partial charge is 0.401 e. The van der Waals surface area contributed by atoms with Gasteiger partial charge in [0.2, 0.25) is 0 Å². The lowest BCUT2D eigenvalue weighted by atomic mass is 10.3. The van der Waals surface area contributed by atoms with Gasteiger partial charge in [-0.2, -0.15) is 5.26 Å². The van der Waals surface area contributed by atoms with Crippen LogP contribution in [0.15, 0.2) is 11.9 Å². The van der Waals surface area contributed by atoms with E-state index in [-0.39, 0.29) is 5.54 Å². The third-order valence-corrected chi connectivity index (χ3v) is 1.54. The minimum absolute atomic E-state index is 0.277. The summed E-state index contributed by atoms with van der Waals surface area (Å²) in [5, 5.41) is 11.6. The van der Waals surface area contributed by atoms with Gasteiger partial charge in [-0.3, -0.25) is 0 Å². The van der Waals surface area contributed by atoms with Crippen LogP contribution in [-0.2, 0) is 0 Å². The van der Waals surface area contributed by atoms with Gasteiger partial charge in [-0.1, -0.05) is 0 Å². The summed E-state index contributed by atoms with van der Waals surface area (Å²) in [5.41, 5.74) is 5.80. The highest BCUT2D eigenvalue weighted by Gasteiger charge is 2.42. The van der Waals surface area contributed by atoms with Crippen molar-refractivity contribution in [3.8, 4) is 6.07 Å². The first-order valence-electron chi connectivity index (χ1n) is 3.30. The Balaban J connectivity index is 2.41. The molecule has 0 aliphatic heterocycles. The molecule has 0 spiro atoms. The second-order valence-corrected chi connectivity index (χ2v) is 2.73. The number of allylic oxidation sites excluding steroid dienone is 1. The summed E-state index contributed by atoms with van der Waals surface area (Å²) in [6, 6.07) is 2.20. The molecule has 0 aromatic heterocycles. The van der Waals surface area contributed by atoms with Crippen molar-refractivity contribution in [2.24, 2.45) is 5.73 Å². The number of nitrogens with two attached hydrogens (primary N) is 1. The van der Waals surface area contributed by atoms with Crippen LogP contribution in [0.3, 0.4) is 0 Å². The van der Waals surface area contributed by atoms with Gasteiger partial charge < -0.3 is 11.1 Å². The number of rotatable bonds is 2. The third-order valence-electron chi connectivity index (χ3n) is 1.54. The van der Waals surface area contributed by atoms with E-state index in [1.54, 1.807) is 13.1 Å². The van der Waals surface area contributed by atoms with Crippen molar-refractivity contribution in [2.75, 3.05) is 0 Å². The smallest absolute Gasteiger partial charge is 0.125 e. The maximum Gasteiger partial charge on any atom is 0.125 e. The van der Waals surface area contributed by atoms with E-state index in [4.69, 9.17) is 11.0 Å². The van der Waals surface area contributed by atoms with Gasteiger partial charge in [0.05, 0.1) is 6.07 Å². The normalized spacial score (nSPS) is 21.4. The van der Waals surface area contributed by atoms with Crippen molar-refractivity contribution in [3.05, 3.63) is 11.9 Å². The van der Waals surface area contributed by atoms with Gasteiger partial charge in [-0.15, -0.1) is 0 Å². The van der Waals surface area contributed by atoms with Crippen LogP contribution in [0.1, 0.15) is 19.8 Å². The zero-order valence-electron chi connectivity index (χ0n) is 6.02. The molecule has 0 heterocycles. The van der Waals surface area contributed by atoms with E-state index in [0.29, 0.717) is 5.70 Å². The molecule has 0 unspecified atom stereocenters. The highest BCUT2D eigenvalue weighted by Crippen LogP contribution is 2.34. The first kappa shape index (κ1) is 6.94. The minimum Gasteiger partial charge on any atom is -0.401 e. The standard InChI is InChI=1S/C7H11N3/c1-6(9)4-10-7(5-8)2-3-7/h4,10H,2-3,9H2,1H3/b6-4-. The zero-order chi connectivity index (χ0) is 7.61. The highest BCUT2D eigenvalue weighted by atomic mass is 15.0. The van der Waals surface area contributed by atoms with Gasteiger partial charge >= 0.3 is 0 Å². The lowest BCUT2D eigenvalue weighted by molar-refractivity contribution is 0.716. The molecular formula is C7H11N3. The first-order valence-corrected chi connectivity index (χ1v) is 3.30. The molecule has 3 heteroatoms. The van der Waals surface area contributed by atoms with Crippen LogP contribution in [-0.4, -0.2) is 5.54 Å². The Bertz CT molecular complexity index is 191. The monoisotopic (exact) mass is 137 g/mol. The Hall–Kier alpha value is -1.17. The molecule has 1 fully saturated rings. The van der Waals surface area contributed by atoms with E-state index < -0.39 is 0 Å². The Morgan fingerprint density at radius 3 is 2.70 bits per heavy atom. The summed E-state index contributed by atoms with van der Waals surface area (Å²) >= 11 is 0. The summed E-state index contributed by atoms with van der Waals surface area (Å²) in [6.45, 7) is 1.79. The van der Waals surface area contributed by atoms with E-state index in [1.165, 1.54) is 0 Å². The van der Waals surface area contributed by atoms with Crippen LogP contribution in [0.4, 0.5) is 0 Å². The number of hydrogen-bond acceptors (Lipinski definition) is 3. The minimum atomic E-state index is -0.277. The van der Waals surface area contributed by atoms with Crippen LogP contribution in [0.2, 0.25) is 0 Å². The Morgan fingerprint density at radius 1 is 1.80 bits per heavy atom. The van der Waals surface area contributed by atoms with Crippen LogP contribution in [0.25, 0.3) is 0 Å². The summed E-state index contributed by atoms with van der Waals surface area (Å²) in [6.07, 6.45) is 3.57. The average Bonchev–Trinajstić information content (AvgIpc) is 2.64. The van der Waals surface area contributed by atoms with E-state index in [1.807, 2.05) is 0 Å². The van der Waals surface area contributed by atoms with E-state index in [0.717, 1.165) is 12.8 Å². The average molecular weight is 137 g/mol. The molecule has 1 aliphatic carbocycles. The van der Waals surface area contributed by atoms with Gasteiger partial charge in [0.1, 0.15) is 5.54 Å². The molecule has 0 saturated heterocycles. The fourth-order valence-corrected chi connectivity index (χ4v) is 0.665. The number of nitriles is 1. The van der Waals surface area contributed by atoms with Crippen LogP contribution in [0.5, 0.6) is 0 Å². The summed E-state index contributed by atoms with van der Waals surface area (Å²) in [4.78, 5) is 0. The molecule has 0 atom stereocenters. The molecule has 0 radical (unpaired) electrons. The van der Waals surface area contributed by atoms with Crippen molar-refractivity contribution in [1.29, 1.82) is 5.26 Å². The van der Waals surface area contributed by atoms with Crippen LogP contribution >= 0.6 is 0 Å². The molecular weight excluding hydrogens is 126 g/mol. The second-order valence-electron chi connectivity index (χ2n) is 2.73. The number of hydrogen-bond donors (Lipinski definition) is 2. The van der Waals surface area contributed by atoms with Crippen LogP contribution < -0.4 is 11.1 Å². The molecule has 54 valence electrons. The summed E-state index contributed by atoms with van der Waals surface area (Å²) in [5.74, 6) is 0. The van der Waals surface area contributed by atoms with Crippen molar-refractivity contribution >= 4 is 0 Å². The maximum atomic E-state index is 8.59. The van der Waals surface area contributed by atoms with E-state index in [2.05, 4.69) is 11.4 Å². The van der Waals surface area contributed by atoms with Gasteiger partial charge in [-0.25, -0.2) is 0 Å².